The minimum atomic E-state index is -0.851. The second kappa shape index (κ2) is 13.0. The maximum atomic E-state index is 8.79. The Morgan fingerprint density at radius 1 is 0.576 bits per heavy atom. The van der Waals surface area contributed by atoms with Gasteiger partial charge in [-0.3, -0.25) is 0 Å². The molecule has 6 nitrogen and oxygen atoms in total. The number of ether oxygens (including phenoxy) is 5. The van der Waals surface area contributed by atoms with Crippen molar-refractivity contribution in [3.05, 3.63) is 95.6 Å². The molecule has 0 aromatic heterocycles. The van der Waals surface area contributed by atoms with Crippen LogP contribution in [0.3, 0.4) is 0 Å². The molecule has 1 N–H and O–H groups in total. The van der Waals surface area contributed by atoms with Crippen LogP contribution in [-0.4, -0.2) is 59.0 Å². The monoisotopic (exact) mass is 452 g/mol. The molecule has 0 radical (unpaired) electrons. The molecule has 0 spiro atoms. The first-order valence-corrected chi connectivity index (χ1v) is 11.0. The quantitative estimate of drug-likeness (QED) is 0.294. The highest BCUT2D eigenvalue weighted by Gasteiger charge is 2.37. The van der Waals surface area contributed by atoms with Crippen molar-refractivity contribution >= 4 is 0 Å². The van der Waals surface area contributed by atoms with Crippen LogP contribution in [0.15, 0.2) is 78.9 Å². The predicted octanol–water partition coefficient (Wildman–Crippen LogP) is 4.04. The highest BCUT2D eigenvalue weighted by atomic mass is 16.6. The van der Waals surface area contributed by atoms with Gasteiger partial charge >= 0.3 is 0 Å². The van der Waals surface area contributed by atoms with Gasteiger partial charge in [-0.15, -0.1) is 0 Å². The third-order valence-corrected chi connectivity index (χ3v) is 5.33. The van der Waals surface area contributed by atoms with Crippen LogP contribution >= 0.6 is 0 Å². The fraction of sp³-hybridized carbons (Fsp3) is 0.333. The molecule has 0 aliphatic carbocycles. The SMILES string of the molecule is COc1ccc(C(OCCOCCOCCO)(c2ccccc2)c2ccc(OC)cc2)cc1. The van der Waals surface area contributed by atoms with Crippen molar-refractivity contribution in [2.24, 2.45) is 0 Å². The minimum absolute atomic E-state index is 0.00638. The highest BCUT2D eigenvalue weighted by molar-refractivity contribution is 5.49. The van der Waals surface area contributed by atoms with Crippen LogP contribution in [0.1, 0.15) is 16.7 Å². The Morgan fingerprint density at radius 2 is 1.03 bits per heavy atom. The molecule has 0 atom stereocenters. The van der Waals surface area contributed by atoms with E-state index in [9.17, 15) is 0 Å². The molecule has 3 rings (SSSR count). The zero-order valence-electron chi connectivity index (χ0n) is 19.2. The van der Waals surface area contributed by atoms with E-state index in [4.69, 9.17) is 28.8 Å². The third-order valence-electron chi connectivity index (χ3n) is 5.33. The lowest BCUT2D eigenvalue weighted by atomic mass is 9.80. The lowest BCUT2D eigenvalue weighted by molar-refractivity contribution is -0.0349. The smallest absolute Gasteiger partial charge is 0.143 e. The molecule has 33 heavy (non-hydrogen) atoms. The van der Waals surface area contributed by atoms with Gasteiger partial charge in [-0.1, -0.05) is 54.6 Å². The number of aliphatic hydroxyl groups excluding tert-OH is 1. The van der Waals surface area contributed by atoms with Crippen molar-refractivity contribution in [2.75, 3.05) is 53.9 Å². The van der Waals surface area contributed by atoms with Crippen LogP contribution in [0, 0.1) is 0 Å². The van der Waals surface area contributed by atoms with E-state index < -0.39 is 5.60 Å². The summed E-state index contributed by atoms with van der Waals surface area (Å²) in [5.74, 6) is 1.56. The molecule has 3 aromatic rings. The molecule has 6 heteroatoms. The molecule has 0 saturated carbocycles. The van der Waals surface area contributed by atoms with Crippen molar-refractivity contribution in [3.8, 4) is 11.5 Å². The minimum Gasteiger partial charge on any atom is -0.497 e. The van der Waals surface area contributed by atoms with Crippen molar-refractivity contribution in [1.29, 1.82) is 0 Å². The maximum Gasteiger partial charge on any atom is 0.143 e. The van der Waals surface area contributed by atoms with Crippen LogP contribution in [0.5, 0.6) is 11.5 Å². The molecule has 0 aliphatic rings. The number of benzene rings is 3. The van der Waals surface area contributed by atoms with Crippen molar-refractivity contribution < 1.29 is 28.8 Å². The van der Waals surface area contributed by atoms with E-state index in [1.807, 2.05) is 66.7 Å². The van der Waals surface area contributed by atoms with Gasteiger partial charge in [-0.25, -0.2) is 0 Å². The first-order valence-electron chi connectivity index (χ1n) is 11.0. The Balaban J connectivity index is 1.93. The lowest BCUT2D eigenvalue weighted by Crippen LogP contribution is -2.34. The van der Waals surface area contributed by atoms with Gasteiger partial charge in [0.05, 0.1) is 53.9 Å². The Hall–Kier alpha value is -2.90. The summed E-state index contributed by atoms with van der Waals surface area (Å²) in [4.78, 5) is 0. The summed E-state index contributed by atoms with van der Waals surface area (Å²) < 4.78 is 28.3. The average molecular weight is 453 g/mol. The van der Waals surface area contributed by atoms with Gasteiger partial charge in [-0.05, 0) is 41.0 Å². The molecular formula is C27H32O6. The van der Waals surface area contributed by atoms with Crippen LogP contribution in [-0.2, 0) is 19.8 Å². The standard InChI is InChI=1S/C27H32O6/c1-29-25-12-8-23(9-13-25)27(22-6-4-3-5-7-22,24-10-14-26(30-2)15-11-24)33-21-20-32-19-18-31-17-16-28/h3-15,28H,16-21H2,1-2H3. The summed E-state index contributed by atoms with van der Waals surface area (Å²) in [7, 11) is 3.31. The first kappa shape index (κ1) is 24.7. The molecule has 3 aromatic carbocycles. The van der Waals surface area contributed by atoms with E-state index in [0.29, 0.717) is 33.0 Å². The number of rotatable bonds is 14. The van der Waals surface area contributed by atoms with E-state index in [-0.39, 0.29) is 6.61 Å². The predicted molar refractivity (Wildman–Crippen MR) is 127 cm³/mol. The highest BCUT2D eigenvalue weighted by Crippen LogP contribution is 2.41. The Morgan fingerprint density at radius 3 is 1.52 bits per heavy atom. The van der Waals surface area contributed by atoms with Crippen molar-refractivity contribution in [2.45, 2.75) is 5.60 Å². The number of aliphatic hydroxyl groups is 1. The molecular weight excluding hydrogens is 420 g/mol. The summed E-state index contributed by atoms with van der Waals surface area (Å²) in [5.41, 5.74) is 2.11. The van der Waals surface area contributed by atoms with Gasteiger partial charge in [0.1, 0.15) is 17.1 Å². The van der Waals surface area contributed by atoms with E-state index in [0.717, 1.165) is 28.2 Å². The van der Waals surface area contributed by atoms with Gasteiger partial charge < -0.3 is 28.8 Å². The molecule has 0 unspecified atom stereocenters. The summed E-state index contributed by atoms with van der Waals surface area (Å²) in [5, 5.41) is 8.79. The fourth-order valence-electron chi connectivity index (χ4n) is 3.71. The maximum absolute atomic E-state index is 8.79. The van der Waals surface area contributed by atoms with E-state index in [2.05, 4.69) is 12.1 Å². The summed E-state index contributed by atoms with van der Waals surface area (Å²) in [6.07, 6.45) is 0. The number of hydrogen-bond donors (Lipinski definition) is 1. The van der Waals surface area contributed by atoms with Gasteiger partial charge in [0, 0.05) is 0 Å². The van der Waals surface area contributed by atoms with Crippen LogP contribution < -0.4 is 9.47 Å². The second-order valence-electron chi connectivity index (χ2n) is 7.30. The Labute approximate surface area is 195 Å². The summed E-state index contributed by atoms with van der Waals surface area (Å²) in [6, 6.07) is 26.0. The van der Waals surface area contributed by atoms with E-state index in [1.54, 1.807) is 14.2 Å². The van der Waals surface area contributed by atoms with E-state index >= 15 is 0 Å². The topological polar surface area (TPSA) is 66.4 Å². The molecule has 0 fully saturated rings. The van der Waals surface area contributed by atoms with E-state index in [1.165, 1.54) is 0 Å². The molecule has 0 amide bonds. The Bertz CT molecular complexity index is 878. The van der Waals surface area contributed by atoms with Crippen LogP contribution in [0.4, 0.5) is 0 Å². The normalized spacial score (nSPS) is 11.4. The molecule has 0 saturated heterocycles. The van der Waals surface area contributed by atoms with Crippen molar-refractivity contribution in [1.82, 2.24) is 0 Å². The van der Waals surface area contributed by atoms with Crippen LogP contribution in [0.25, 0.3) is 0 Å². The van der Waals surface area contributed by atoms with Crippen LogP contribution in [0.2, 0.25) is 0 Å². The van der Waals surface area contributed by atoms with Gasteiger partial charge in [-0.2, -0.15) is 0 Å². The molecule has 0 heterocycles. The average Bonchev–Trinajstić information content (AvgIpc) is 2.89. The molecule has 176 valence electrons. The number of hydrogen-bond acceptors (Lipinski definition) is 6. The molecule has 0 bridgehead atoms. The van der Waals surface area contributed by atoms with Gasteiger partial charge in [0.2, 0.25) is 0 Å². The van der Waals surface area contributed by atoms with Gasteiger partial charge in [0.25, 0.3) is 0 Å². The Kier molecular flexibility index (Phi) is 9.72. The van der Waals surface area contributed by atoms with Crippen molar-refractivity contribution in [3.63, 3.8) is 0 Å². The first-order chi connectivity index (χ1) is 16.2. The van der Waals surface area contributed by atoms with Gasteiger partial charge in [0.15, 0.2) is 0 Å². The largest absolute Gasteiger partial charge is 0.497 e. The summed E-state index contributed by atoms with van der Waals surface area (Å²) >= 11 is 0. The second-order valence-corrected chi connectivity index (χ2v) is 7.30. The number of methoxy groups -OCH3 is 2. The fourth-order valence-corrected chi connectivity index (χ4v) is 3.71. The zero-order chi connectivity index (χ0) is 23.4. The summed E-state index contributed by atoms with van der Waals surface area (Å²) in [6.45, 7) is 1.96. The lowest BCUT2D eigenvalue weighted by Gasteiger charge is -2.36. The third kappa shape index (κ3) is 6.33. The molecule has 0 aliphatic heterocycles. The zero-order valence-corrected chi connectivity index (χ0v) is 19.2.